The van der Waals surface area contributed by atoms with Crippen LogP contribution in [0.15, 0.2) is 54.6 Å². The van der Waals surface area contributed by atoms with Crippen LogP contribution in [-0.2, 0) is 6.42 Å². The average Bonchev–Trinajstić information content (AvgIpc) is 2.92. The van der Waals surface area contributed by atoms with Crippen LogP contribution >= 0.6 is 11.3 Å². The highest BCUT2D eigenvalue weighted by Gasteiger charge is 2.06. The van der Waals surface area contributed by atoms with Crippen LogP contribution in [0.2, 0.25) is 0 Å². The van der Waals surface area contributed by atoms with Crippen molar-refractivity contribution in [2.75, 3.05) is 0 Å². The van der Waals surface area contributed by atoms with Crippen LogP contribution in [-0.4, -0.2) is 5.11 Å². The molecule has 1 aromatic heterocycles. The Hall–Kier alpha value is -2.06. The minimum Gasteiger partial charge on any atom is -0.508 e. The molecule has 0 saturated carbocycles. The summed E-state index contributed by atoms with van der Waals surface area (Å²) in [6.45, 7) is 4.31. The van der Waals surface area contributed by atoms with E-state index in [-0.39, 0.29) is 0 Å². The van der Waals surface area contributed by atoms with E-state index in [9.17, 15) is 5.11 Å². The summed E-state index contributed by atoms with van der Waals surface area (Å²) in [4.78, 5) is 2.61. The van der Waals surface area contributed by atoms with Crippen molar-refractivity contribution in [3.63, 3.8) is 0 Å². The lowest BCUT2D eigenvalue weighted by molar-refractivity contribution is 0.475. The van der Waals surface area contributed by atoms with Crippen LogP contribution in [0.5, 0.6) is 5.75 Å². The highest BCUT2D eigenvalue weighted by molar-refractivity contribution is 7.15. The van der Waals surface area contributed by atoms with Crippen molar-refractivity contribution in [3.8, 4) is 16.2 Å². The lowest BCUT2D eigenvalue weighted by atomic mass is 10.0. The van der Waals surface area contributed by atoms with Gasteiger partial charge in [-0.2, -0.15) is 0 Å². The van der Waals surface area contributed by atoms with Gasteiger partial charge in [-0.3, -0.25) is 0 Å². The summed E-state index contributed by atoms with van der Waals surface area (Å²) in [7, 11) is 0. The van der Waals surface area contributed by atoms with Crippen LogP contribution in [0.4, 0.5) is 0 Å². The van der Waals surface area contributed by atoms with E-state index in [4.69, 9.17) is 0 Å². The van der Waals surface area contributed by atoms with Gasteiger partial charge in [-0.1, -0.05) is 23.8 Å². The molecule has 0 atom stereocenters. The van der Waals surface area contributed by atoms with Crippen molar-refractivity contribution < 1.29 is 5.11 Å². The Kier molecular flexibility index (Phi) is 3.80. The van der Waals surface area contributed by atoms with Crippen LogP contribution < -0.4 is 0 Å². The molecule has 1 N–H and O–H groups in total. The maximum Gasteiger partial charge on any atom is 0.115 e. The molecule has 106 valence electrons. The molecule has 0 unspecified atom stereocenters. The summed E-state index contributed by atoms with van der Waals surface area (Å²) >= 11 is 1.82. The predicted octanol–water partition coefficient (Wildman–Crippen LogP) is 5.33. The van der Waals surface area contributed by atoms with Crippen LogP contribution in [0, 0.1) is 13.8 Å². The maximum absolute atomic E-state index is 9.36. The molecule has 21 heavy (non-hydrogen) atoms. The molecule has 0 fully saturated rings. The van der Waals surface area contributed by atoms with Gasteiger partial charge in [-0.05, 0) is 66.9 Å². The first-order chi connectivity index (χ1) is 10.1. The molecular weight excluding hydrogens is 276 g/mol. The van der Waals surface area contributed by atoms with E-state index in [1.54, 1.807) is 12.1 Å². The fraction of sp³-hybridized carbons (Fsp3) is 0.158. The number of hydrogen-bond acceptors (Lipinski definition) is 2. The Bertz CT molecular complexity index is 753. The molecule has 3 aromatic rings. The van der Waals surface area contributed by atoms with E-state index >= 15 is 0 Å². The molecule has 0 radical (unpaired) electrons. The Morgan fingerprint density at radius 3 is 2.43 bits per heavy atom. The number of rotatable bonds is 3. The lowest BCUT2D eigenvalue weighted by Crippen LogP contribution is -1.90. The lowest BCUT2D eigenvalue weighted by Gasteiger charge is -2.05. The summed E-state index contributed by atoms with van der Waals surface area (Å²) in [6.07, 6.45) is 0.982. The number of hydrogen-bond donors (Lipinski definition) is 1. The highest BCUT2D eigenvalue weighted by atomic mass is 32.1. The van der Waals surface area contributed by atoms with Crippen molar-refractivity contribution in [1.29, 1.82) is 0 Å². The summed E-state index contributed by atoms with van der Waals surface area (Å²) in [5, 5.41) is 9.36. The van der Waals surface area contributed by atoms with Gasteiger partial charge in [0.2, 0.25) is 0 Å². The number of benzene rings is 2. The molecule has 2 aromatic carbocycles. The van der Waals surface area contributed by atoms with Gasteiger partial charge in [0.1, 0.15) is 5.75 Å². The van der Waals surface area contributed by atoms with E-state index in [0.717, 1.165) is 12.0 Å². The molecule has 0 amide bonds. The number of phenols is 1. The second-order valence-electron chi connectivity index (χ2n) is 5.42. The number of aryl methyl sites for hydroxylation is 2. The zero-order chi connectivity index (χ0) is 14.8. The second-order valence-corrected chi connectivity index (χ2v) is 6.59. The number of aromatic hydroxyl groups is 1. The van der Waals surface area contributed by atoms with Gasteiger partial charge in [0, 0.05) is 16.2 Å². The van der Waals surface area contributed by atoms with Crippen molar-refractivity contribution >= 4 is 11.3 Å². The molecule has 0 aliphatic carbocycles. The van der Waals surface area contributed by atoms with Gasteiger partial charge in [0.15, 0.2) is 0 Å². The van der Waals surface area contributed by atoms with E-state index in [0.29, 0.717) is 5.75 Å². The first-order valence-corrected chi connectivity index (χ1v) is 7.88. The molecule has 0 aliphatic rings. The minimum absolute atomic E-state index is 0.311. The summed E-state index contributed by atoms with van der Waals surface area (Å²) in [5.41, 5.74) is 5.21. The zero-order valence-corrected chi connectivity index (χ0v) is 13.1. The maximum atomic E-state index is 9.36. The van der Waals surface area contributed by atoms with Crippen molar-refractivity contribution in [2.45, 2.75) is 20.3 Å². The molecule has 1 heterocycles. The van der Waals surface area contributed by atoms with Gasteiger partial charge in [0.05, 0.1) is 0 Å². The number of thiophene rings is 1. The fourth-order valence-electron chi connectivity index (χ4n) is 2.43. The molecule has 2 heteroatoms. The largest absolute Gasteiger partial charge is 0.508 e. The van der Waals surface area contributed by atoms with Gasteiger partial charge >= 0.3 is 0 Å². The van der Waals surface area contributed by atoms with Crippen LogP contribution in [0.1, 0.15) is 21.6 Å². The summed E-state index contributed by atoms with van der Waals surface area (Å²) in [6, 6.07) is 18.4. The smallest absolute Gasteiger partial charge is 0.115 e. The molecule has 0 aliphatic heterocycles. The van der Waals surface area contributed by atoms with Gasteiger partial charge < -0.3 is 5.11 Å². The van der Waals surface area contributed by atoms with Gasteiger partial charge in [0.25, 0.3) is 0 Å². The summed E-state index contributed by atoms with van der Waals surface area (Å²) < 4.78 is 0. The fourth-order valence-corrected chi connectivity index (χ4v) is 3.47. The Morgan fingerprint density at radius 2 is 1.67 bits per heavy atom. The monoisotopic (exact) mass is 294 g/mol. The van der Waals surface area contributed by atoms with Crippen molar-refractivity contribution in [3.05, 3.63) is 76.2 Å². The van der Waals surface area contributed by atoms with Gasteiger partial charge in [-0.15, -0.1) is 11.3 Å². The third-order valence-electron chi connectivity index (χ3n) is 3.68. The standard InChI is InChI=1S/C19H18OS/c1-13-3-4-14(2)16(11-13)12-18-9-10-19(21-18)15-5-7-17(20)8-6-15/h3-11,20H,12H2,1-2H3. The average molecular weight is 294 g/mol. The molecule has 0 bridgehead atoms. The zero-order valence-electron chi connectivity index (χ0n) is 12.3. The van der Waals surface area contributed by atoms with Crippen molar-refractivity contribution in [2.24, 2.45) is 0 Å². The second kappa shape index (κ2) is 5.74. The topological polar surface area (TPSA) is 20.2 Å². The van der Waals surface area contributed by atoms with Crippen LogP contribution in [0.3, 0.4) is 0 Å². The normalized spacial score (nSPS) is 10.8. The predicted molar refractivity (Wildman–Crippen MR) is 90.1 cm³/mol. The van der Waals surface area contributed by atoms with Crippen molar-refractivity contribution in [1.82, 2.24) is 0 Å². The third-order valence-corrected chi connectivity index (χ3v) is 4.82. The van der Waals surface area contributed by atoms with E-state index in [2.05, 4.69) is 44.2 Å². The van der Waals surface area contributed by atoms with Crippen LogP contribution in [0.25, 0.3) is 10.4 Å². The Balaban J connectivity index is 1.85. The quantitative estimate of drug-likeness (QED) is 0.692. The Labute approximate surface area is 129 Å². The van der Waals surface area contributed by atoms with E-state index in [1.807, 2.05) is 23.5 Å². The minimum atomic E-state index is 0.311. The molecule has 3 rings (SSSR count). The molecule has 0 saturated heterocycles. The number of phenolic OH excluding ortho intramolecular Hbond substituents is 1. The molecule has 1 nitrogen and oxygen atoms in total. The SMILES string of the molecule is Cc1ccc(C)c(Cc2ccc(-c3ccc(O)cc3)s2)c1. The highest BCUT2D eigenvalue weighted by Crippen LogP contribution is 2.30. The first kappa shape index (κ1) is 13.9. The van der Waals surface area contributed by atoms with E-state index < -0.39 is 0 Å². The summed E-state index contributed by atoms with van der Waals surface area (Å²) in [5.74, 6) is 0.311. The Morgan fingerprint density at radius 1 is 0.905 bits per heavy atom. The first-order valence-electron chi connectivity index (χ1n) is 7.06. The van der Waals surface area contributed by atoms with E-state index in [1.165, 1.54) is 26.4 Å². The third kappa shape index (κ3) is 3.17. The van der Waals surface area contributed by atoms with Gasteiger partial charge in [-0.25, -0.2) is 0 Å². The molecular formula is C19H18OS. The molecule has 0 spiro atoms.